The lowest BCUT2D eigenvalue weighted by molar-refractivity contribution is 0.102. The van der Waals surface area contributed by atoms with Crippen LogP contribution in [0.15, 0.2) is 30.5 Å². The number of aromatic nitrogens is 2. The number of unbranched alkanes of at least 4 members (excludes halogenated alkanes) is 1. The average Bonchev–Trinajstić information content (AvgIpc) is 2.50. The largest absolute Gasteiger partial charge is 0.354 e. The van der Waals surface area contributed by atoms with Gasteiger partial charge in [-0.25, -0.2) is 9.97 Å². The molecule has 0 saturated carbocycles. The number of hydrogen-bond acceptors (Lipinski definition) is 4. The second kappa shape index (κ2) is 7.75. The van der Waals surface area contributed by atoms with Crippen LogP contribution in [0.2, 0.25) is 5.02 Å². The fourth-order valence-corrected chi connectivity index (χ4v) is 2.13. The molecule has 6 heteroatoms. The highest BCUT2D eigenvalue weighted by Crippen LogP contribution is 2.20. The van der Waals surface area contributed by atoms with E-state index in [9.17, 15) is 4.79 Å². The Labute approximate surface area is 135 Å². The van der Waals surface area contributed by atoms with Crippen molar-refractivity contribution < 1.29 is 4.79 Å². The Balaban J connectivity index is 2.07. The van der Waals surface area contributed by atoms with Crippen molar-refractivity contribution in [2.75, 3.05) is 17.2 Å². The van der Waals surface area contributed by atoms with Gasteiger partial charge >= 0.3 is 0 Å². The molecular weight excluding hydrogens is 300 g/mol. The second-order valence-electron chi connectivity index (χ2n) is 4.96. The van der Waals surface area contributed by atoms with Gasteiger partial charge in [0.05, 0.1) is 0 Å². The molecule has 0 radical (unpaired) electrons. The van der Waals surface area contributed by atoms with Crippen molar-refractivity contribution in [3.05, 3.63) is 46.7 Å². The van der Waals surface area contributed by atoms with E-state index in [2.05, 4.69) is 27.5 Å². The van der Waals surface area contributed by atoms with Crippen LogP contribution in [0, 0.1) is 6.92 Å². The third-order valence-corrected chi connectivity index (χ3v) is 3.37. The van der Waals surface area contributed by atoms with Gasteiger partial charge in [0.25, 0.3) is 5.91 Å². The molecule has 116 valence electrons. The summed E-state index contributed by atoms with van der Waals surface area (Å²) in [6.45, 7) is 4.79. The number of nitrogens with one attached hydrogen (secondary N) is 2. The number of carbonyl (C=O) groups is 1. The van der Waals surface area contributed by atoms with Crippen molar-refractivity contribution in [2.24, 2.45) is 0 Å². The molecule has 0 aliphatic heterocycles. The first-order valence-electron chi connectivity index (χ1n) is 7.24. The maximum Gasteiger partial charge on any atom is 0.274 e. The fourth-order valence-electron chi connectivity index (χ4n) is 1.90. The SMILES string of the molecule is CCCCNc1nccc(C(=O)Nc2ccc(Cl)cc2C)n1. The summed E-state index contributed by atoms with van der Waals surface area (Å²) in [5, 5.41) is 6.58. The maximum absolute atomic E-state index is 12.3. The van der Waals surface area contributed by atoms with Crippen LogP contribution in [-0.2, 0) is 0 Å². The molecule has 22 heavy (non-hydrogen) atoms. The number of amides is 1. The molecule has 1 aromatic heterocycles. The van der Waals surface area contributed by atoms with Crippen LogP contribution in [-0.4, -0.2) is 22.4 Å². The molecule has 2 aromatic rings. The summed E-state index contributed by atoms with van der Waals surface area (Å²) in [5.74, 6) is 0.195. The molecule has 0 bridgehead atoms. The zero-order chi connectivity index (χ0) is 15.9. The van der Waals surface area contributed by atoms with Crippen molar-refractivity contribution in [3.63, 3.8) is 0 Å². The highest BCUT2D eigenvalue weighted by Gasteiger charge is 2.10. The summed E-state index contributed by atoms with van der Waals surface area (Å²) in [6, 6.07) is 6.90. The highest BCUT2D eigenvalue weighted by molar-refractivity contribution is 6.30. The minimum atomic E-state index is -0.272. The van der Waals surface area contributed by atoms with E-state index >= 15 is 0 Å². The van der Waals surface area contributed by atoms with E-state index in [1.54, 1.807) is 30.5 Å². The van der Waals surface area contributed by atoms with Gasteiger partial charge in [0.1, 0.15) is 5.69 Å². The topological polar surface area (TPSA) is 66.9 Å². The third-order valence-electron chi connectivity index (χ3n) is 3.14. The molecule has 0 unspecified atom stereocenters. The van der Waals surface area contributed by atoms with Gasteiger partial charge in [0.2, 0.25) is 5.95 Å². The van der Waals surface area contributed by atoms with E-state index < -0.39 is 0 Å². The van der Waals surface area contributed by atoms with Crippen molar-refractivity contribution in [3.8, 4) is 0 Å². The third kappa shape index (κ3) is 4.43. The summed E-state index contributed by atoms with van der Waals surface area (Å²) in [6.07, 6.45) is 3.69. The number of halogens is 1. The normalized spacial score (nSPS) is 10.3. The number of anilines is 2. The van der Waals surface area contributed by atoms with Gasteiger partial charge in [0, 0.05) is 23.5 Å². The lowest BCUT2D eigenvalue weighted by Crippen LogP contribution is -2.16. The Morgan fingerprint density at radius 2 is 2.14 bits per heavy atom. The lowest BCUT2D eigenvalue weighted by Gasteiger charge is -2.09. The molecule has 1 amide bonds. The first kappa shape index (κ1) is 16.2. The van der Waals surface area contributed by atoms with Crippen LogP contribution in [0.1, 0.15) is 35.8 Å². The Hall–Kier alpha value is -2.14. The van der Waals surface area contributed by atoms with Gasteiger partial charge in [0.15, 0.2) is 0 Å². The van der Waals surface area contributed by atoms with Gasteiger partial charge in [-0.05, 0) is 43.2 Å². The van der Waals surface area contributed by atoms with E-state index in [-0.39, 0.29) is 5.91 Å². The number of nitrogens with zero attached hydrogens (tertiary/aromatic N) is 2. The quantitative estimate of drug-likeness (QED) is 0.793. The minimum absolute atomic E-state index is 0.272. The van der Waals surface area contributed by atoms with Crippen molar-refractivity contribution in [1.29, 1.82) is 0 Å². The van der Waals surface area contributed by atoms with Crippen LogP contribution >= 0.6 is 11.6 Å². The van der Waals surface area contributed by atoms with Gasteiger partial charge in [-0.2, -0.15) is 0 Å². The Morgan fingerprint density at radius 1 is 1.32 bits per heavy atom. The molecule has 5 nitrogen and oxygen atoms in total. The molecule has 0 aliphatic rings. The molecule has 0 saturated heterocycles. The zero-order valence-corrected chi connectivity index (χ0v) is 13.4. The lowest BCUT2D eigenvalue weighted by atomic mass is 10.2. The molecule has 0 fully saturated rings. The average molecular weight is 319 g/mol. The number of carbonyl (C=O) groups excluding carboxylic acids is 1. The number of aryl methyl sites for hydroxylation is 1. The van der Waals surface area contributed by atoms with Crippen molar-refractivity contribution in [2.45, 2.75) is 26.7 Å². The summed E-state index contributed by atoms with van der Waals surface area (Å²) < 4.78 is 0. The summed E-state index contributed by atoms with van der Waals surface area (Å²) in [7, 11) is 0. The van der Waals surface area contributed by atoms with E-state index in [1.807, 2.05) is 6.92 Å². The maximum atomic E-state index is 12.3. The molecule has 1 aromatic carbocycles. The molecule has 0 aliphatic carbocycles. The number of rotatable bonds is 6. The molecule has 0 atom stereocenters. The van der Waals surface area contributed by atoms with Gasteiger partial charge in [-0.1, -0.05) is 24.9 Å². The van der Waals surface area contributed by atoms with Crippen molar-refractivity contribution in [1.82, 2.24) is 9.97 Å². The summed E-state index contributed by atoms with van der Waals surface area (Å²) in [5.41, 5.74) is 1.94. The minimum Gasteiger partial charge on any atom is -0.354 e. The monoisotopic (exact) mass is 318 g/mol. The van der Waals surface area contributed by atoms with Gasteiger partial charge < -0.3 is 10.6 Å². The first-order valence-corrected chi connectivity index (χ1v) is 7.62. The molecule has 0 spiro atoms. The van der Waals surface area contributed by atoms with Crippen LogP contribution in [0.4, 0.5) is 11.6 Å². The molecule has 2 rings (SSSR count). The standard InChI is InChI=1S/C16H19ClN4O/c1-3-4-8-18-16-19-9-7-14(21-16)15(22)20-13-6-5-12(17)10-11(13)2/h5-7,9-10H,3-4,8H2,1-2H3,(H,20,22)(H,18,19,21). The first-order chi connectivity index (χ1) is 10.6. The number of hydrogen-bond donors (Lipinski definition) is 2. The van der Waals surface area contributed by atoms with Crippen LogP contribution in [0.3, 0.4) is 0 Å². The molecule has 1 heterocycles. The smallest absolute Gasteiger partial charge is 0.274 e. The highest BCUT2D eigenvalue weighted by atomic mass is 35.5. The Kier molecular flexibility index (Phi) is 5.72. The van der Waals surface area contributed by atoms with E-state index in [0.717, 1.165) is 24.9 Å². The van der Waals surface area contributed by atoms with Crippen molar-refractivity contribution >= 4 is 29.1 Å². The van der Waals surface area contributed by atoms with Crippen LogP contribution in [0.5, 0.6) is 0 Å². The molecule has 2 N–H and O–H groups in total. The van der Waals surface area contributed by atoms with Crippen LogP contribution < -0.4 is 10.6 Å². The molecular formula is C16H19ClN4O. The number of benzene rings is 1. The van der Waals surface area contributed by atoms with E-state index in [0.29, 0.717) is 22.4 Å². The van der Waals surface area contributed by atoms with Gasteiger partial charge in [-0.3, -0.25) is 4.79 Å². The van der Waals surface area contributed by atoms with Gasteiger partial charge in [-0.15, -0.1) is 0 Å². The van der Waals surface area contributed by atoms with Crippen LogP contribution in [0.25, 0.3) is 0 Å². The zero-order valence-electron chi connectivity index (χ0n) is 12.7. The Bertz CT molecular complexity index is 660. The summed E-state index contributed by atoms with van der Waals surface area (Å²) >= 11 is 5.91. The van der Waals surface area contributed by atoms with E-state index in [4.69, 9.17) is 11.6 Å². The Morgan fingerprint density at radius 3 is 2.86 bits per heavy atom. The summed E-state index contributed by atoms with van der Waals surface area (Å²) in [4.78, 5) is 20.6. The predicted molar refractivity (Wildman–Crippen MR) is 89.6 cm³/mol. The predicted octanol–water partition coefficient (Wildman–Crippen LogP) is 3.90. The van der Waals surface area contributed by atoms with E-state index in [1.165, 1.54) is 0 Å². The second-order valence-corrected chi connectivity index (χ2v) is 5.40. The fraction of sp³-hybridized carbons (Fsp3) is 0.312.